The number of aryl methyl sites for hydroxylation is 1. The molecule has 26 heavy (non-hydrogen) atoms. The number of hydrazone groups is 1. The molecule has 1 aromatic heterocycles. The summed E-state index contributed by atoms with van der Waals surface area (Å²) in [5.74, 6) is -0.648. The van der Waals surface area contributed by atoms with Gasteiger partial charge in [0, 0.05) is 0 Å². The van der Waals surface area contributed by atoms with Crippen LogP contribution in [0.15, 0.2) is 59.7 Å². The molecule has 2 aromatic carbocycles. The summed E-state index contributed by atoms with van der Waals surface area (Å²) in [6.45, 7) is 1.81. The van der Waals surface area contributed by atoms with Gasteiger partial charge in [-0.25, -0.2) is 14.5 Å². The van der Waals surface area contributed by atoms with Crippen molar-refractivity contribution in [2.45, 2.75) is 13.3 Å². The van der Waals surface area contributed by atoms with Crippen LogP contribution in [0.3, 0.4) is 0 Å². The summed E-state index contributed by atoms with van der Waals surface area (Å²) in [6.07, 6.45) is 1.57. The van der Waals surface area contributed by atoms with Gasteiger partial charge in [-0.05, 0) is 36.8 Å². The molecule has 132 valence electrons. The first kappa shape index (κ1) is 17.8. The minimum absolute atomic E-state index is 0.105. The third-order valence-corrected chi connectivity index (χ3v) is 4.07. The summed E-state index contributed by atoms with van der Waals surface area (Å²) in [4.78, 5) is 11.9. The largest absolute Gasteiger partial charge is 0.273 e. The van der Waals surface area contributed by atoms with Crippen molar-refractivity contribution < 1.29 is 9.18 Å². The number of nitrogens with one attached hydrogen (secondary N) is 1. The number of hydrogen-bond acceptors (Lipinski definition) is 3. The Labute approximate surface area is 155 Å². The van der Waals surface area contributed by atoms with Crippen LogP contribution in [0.5, 0.6) is 0 Å². The van der Waals surface area contributed by atoms with Crippen molar-refractivity contribution in [3.05, 3.63) is 82.4 Å². The van der Waals surface area contributed by atoms with Gasteiger partial charge < -0.3 is 0 Å². The highest BCUT2D eigenvalue weighted by atomic mass is 35.5. The minimum Gasteiger partial charge on any atom is -0.273 e. The van der Waals surface area contributed by atoms with Gasteiger partial charge in [0.2, 0.25) is 5.91 Å². The normalized spacial score (nSPS) is 11.0. The van der Waals surface area contributed by atoms with E-state index in [0.717, 1.165) is 5.69 Å². The van der Waals surface area contributed by atoms with Crippen molar-refractivity contribution in [2.24, 2.45) is 5.10 Å². The SMILES string of the molecule is Cc1nn(-c2ccccc2)c(Cl)c1/C=N/NC(=O)Cc1ccc(F)cc1. The van der Waals surface area contributed by atoms with E-state index in [0.29, 0.717) is 22.0 Å². The van der Waals surface area contributed by atoms with Crippen LogP contribution < -0.4 is 5.43 Å². The third kappa shape index (κ3) is 4.15. The number of amides is 1. The van der Waals surface area contributed by atoms with Crippen molar-refractivity contribution in [1.82, 2.24) is 15.2 Å². The topological polar surface area (TPSA) is 59.3 Å². The molecule has 0 unspecified atom stereocenters. The van der Waals surface area contributed by atoms with E-state index < -0.39 is 0 Å². The Bertz CT molecular complexity index is 936. The van der Waals surface area contributed by atoms with Crippen molar-refractivity contribution in [2.75, 3.05) is 0 Å². The number of carbonyl (C=O) groups excluding carboxylic acids is 1. The second-order valence-electron chi connectivity index (χ2n) is 5.63. The van der Waals surface area contributed by atoms with Crippen molar-refractivity contribution >= 4 is 23.7 Å². The summed E-state index contributed by atoms with van der Waals surface area (Å²) in [7, 11) is 0. The molecular formula is C19H16ClFN4O. The molecule has 3 rings (SSSR count). The monoisotopic (exact) mass is 370 g/mol. The second kappa shape index (κ2) is 7.93. The van der Waals surface area contributed by atoms with E-state index >= 15 is 0 Å². The molecule has 0 atom stereocenters. The molecule has 0 bridgehead atoms. The lowest BCUT2D eigenvalue weighted by Gasteiger charge is -2.02. The van der Waals surface area contributed by atoms with Gasteiger partial charge in [0.05, 0.1) is 29.6 Å². The average molecular weight is 371 g/mol. The Hall–Kier alpha value is -2.99. The molecule has 0 spiro atoms. The Balaban J connectivity index is 1.68. The van der Waals surface area contributed by atoms with Crippen LogP contribution in [0, 0.1) is 12.7 Å². The molecule has 1 heterocycles. The van der Waals surface area contributed by atoms with Gasteiger partial charge in [0.1, 0.15) is 11.0 Å². The standard InChI is InChI=1S/C19H16ClFN4O/c1-13-17(19(20)25(24-13)16-5-3-2-4-6-16)12-22-23-18(26)11-14-7-9-15(21)10-8-14/h2-10,12H,11H2,1H3,(H,23,26)/b22-12+. The van der Waals surface area contributed by atoms with Crippen LogP contribution >= 0.6 is 11.6 Å². The number of aromatic nitrogens is 2. The van der Waals surface area contributed by atoms with Crippen LogP contribution in [-0.4, -0.2) is 21.9 Å². The highest BCUT2D eigenvalue weighted by molar-refractivity contribution is 6.32. The highest BCUT2D eigenvalue weighted by Crippen LogP contribution is 2.21. The Morgan fingerprint density at radius 1 is 1.23 bits per heavy atom. The van der Waals surface area contributed by atoms with E-state index in [2.05, 4.69) is 15.6 Å². The molecule has 1 N–H and O–H groups in total. The van der Waals surface area contributed by atoms with Crippen molar-refractivity contribution in [1.29, 1.82) is 0 Å². The van der Waals surface area contributed by atoms with E-state index in [1.165, 1.54) is 18.3 Å². The zero-order chi connectivity index (χ0) is 18.5. The summed E-state index contributed by atoms with van der Waals surface area (Å²) in [6, 6.07) is 15.2. The van der Waals surface area contributed by atoms with Gasteiger partial charge in [-0.3, -0.25) is 4.79 Å². The first-order chi connectivity index (χ1) is 12.5. The molecule has 0 aliphatic carbocycles. The molecule has 0 fully saturated rings. The number of carbonyl (C=O) groups is 1. The third-order valence-electron chi connectivity index (χ3n) is 3.71. The van der Waals surface area contributed by atoms with Crippen molar-refractivity contribution in [3.63, 3.8) is 0 Å². The number of nitrogens with zero attached hydrogens (tertiary/aromatic N) is 3. The second-order valence-corrected chi connectivity index (χ2v) is 5.99. The fourth-order valence-corrected chi connectivity index (χ4v) is 2.72. The quantitative estimate of drug-likeness (QED) is 0.550. The summed E-state index contributed by atoms with van der Waals surface area (Å²) in [5, 5.41) is 8.75. The summed E-state index contributed by atoms with van der Waals surface area (Å²) in [5.41, 5.74) is 5.28. The maximum Gasteiger partial charge on any atom is 0.244 e. The number of halogens is 2. The van der Waals surface area contributed by atoms with E-state index in [9.17, 15) is 9.18 Å². The minimum atomic E-state index is -0.340. The Morgan fingerprint density at radius 3 is 2.62 bits per heavy atom. The van der Waals surface area contributed by atoms with Crippen LogP contribution in [-0.2, 0) is 11.2 Å². The highest BCUT2D eigenvalue weighted by Gasteiger charge is 2.13. The maximum atomic E-state index is 12.9. The van der Waals surface area contributed by atoms with E-state index in [-0.39, 0.29) is 18.1 Å². The van der Waals surface area contributed by atoms with E-state index in [4.69, 9.17) is 11.6 Å². The molecule has 3 aromatic rings. The van der Waals surface area contributed by atoms with Crippen LogP contribution in [0.4, 0.5) is 4.39 Å². The molecule has 1 amide bonds. The Morgan fingerprint density at radius 2 is 1.92 bits per heavy atom. The van der Waals surface area contributed by atoms with Gasteiger partial charge in [-0.15, -0.1) is 0 Å². The zero-order valence-corrected chi connectivity index (χ0v) is 14.7. The molecule has 5 nitrogen and oxygen atoms in total. The number of rotatable bonds is 5. The molecule has 0 saturated carbocycles. The zero-order valence-electron chi connectivity index (χ0n) is 14.0. The lowest BCUT2D eigenvalue weighted by molar-refractivity contribution is -0.120. The first-order valence-corrected chi connectivity index (χ1v) is 8.29. The van der Waals surface area contributed by atoms with Gasteiger partial charge in [0.25, 0.3) is 0 Å². The average Bonchev–Trinajstić information content (AvgIpc) is 2.92. The molecule has 0 saturated heterocycles. The maximum absolute atomic E-state index is 12.9. The lowest BCUT2D eigenvalue weighted by Crippen LogP contribution is -2.19. The Kier molecular flexibility index (Phi) is 5.43. The van der Waals surface area contributed by atoms with E-state index in [1.54, 1.807) is 16.8 Å². The number of para-hydroxylation sites is 1. The summed E-state index contributed by atoms with van der Waals surface area (Å²) >= 11 is 6.39. The van der Waals surface area contributed by atoms with Crippen LogP contribution in [0.1, 0.15) is 16.8 Å². The van der Waals surface area contributed by atoms with Gasteiger partial charge in [-0.2, -0.15) is 10.2 Å². The summed E-state index contributed by atoms with van der Waals surface area (Å²) < 4.78 is 14.5. The molecule has 0 aliphatic heterocycles. The molecule has 0 aliphatic rings. The van der Waals surface area contributed by atoms with E-state index in [1.807, 2.05) is 37.3 Å². The van der Waals surface area contributed by atoms with Crippen molar-refractivity contribution in [3.8, 4) is 5.69 Å². The smallest absolute Gasteiger partial charge is 0.244 e. The fourth-order valence-electron chi connectivity index (χ4n) is 2.39. The van der Waals surface area contributed by atoms with Gasteiger partial charge in [0.15, 0.2) is 0 Å². The number of benzene rings is 2. The first-order valence-electron chi connectivity index (χ1n) is 7.91. The van der Waals surface area contributed by atoms with Gasteiger partial charge in [-0.1, -0.05) is 41.9 Å². The molecule has 7 heteroatoms. The van der Waals surface area contributed by atoms with Crippen LogP contribution in [0.25, 0.3) is 5.69 Å². The number of hydrogen-bond donors (Lipinski definition) is 1. The van der Waals surface area contributed by atoms with Crippen LogP contribution in [0.2, 0.25) is 5.15 Å². The molecular weight excluding hydrogens is 355 g/mol. The predicted molar refractivity (Wildman–Crippen MR) is 99.2 cm³/mol. The van der Waals surface area contributed by atoms with Gasteiger partial charge >= 0.3 is 0 Å². The predicted octanol–water partition coefficient (Wildman–Crippen LogP) is 3.67. The lowest BCUT2D eigenvalue weighted by atomic mass is 10.1. The fraction of sp³-hybridized carbons (Fsp3) is 0.105. The molecule has 0 radical (unpaired) electrons.